The second-order valence-electron chi connectivity index (χ2n) is 6.08. The van der Waals surface area contributed by atoms with Crippen molar-refractivity contribution in [1.29, 1.82) is 0 Å². The summed E-state index contributed by atoms with van der Waals surface area (Å²) in [6.45, 7) is 1.93. The molecule has 1 amide bonds. The molecule has 0 radical (unpaired) electrons. The number of ether oxygens (including phenoxy) is 2. The Bertz CT molecular complexity index is 951. The van der Waals surface area contributed by atoms with Gasteiger partial charge >= 0.3 is 0 Å². The zero-order valence-electron chi connectivity index (χ0n) is 15.3. The SMILES string of the molecule is CCS(=O)(=O)N1C[C@H](C(=O)NCCOc2ccccc2Cl)Oc2ccccc21. The summed E-state index contributed by atoms with van der Waals surface area (Å²) in [7, 11) is -3.53. The maximum Gasteiger partial charge on any atom is 0.263 e. The Morgan fingerprint density at radius 3 is 2.71 bits per heavy atom. The van der Waals surface area contributed by atoms with Crippen LogP contribution >= 0.6 is 11.6 Å². The van der Waals surface area contributed by atoms with Gasteiger partial charge in [0.15, 0.2) is 6.10 Å². The van der Waals surface area contributed by atoms with E-state index in [1.807, 2.05) is 0 Å². The largest absolute Gasteiger partial charge is 0.490 e. The lowest BCUT2D eigenvalue weighted by atomic mass is 10.2. The summed E-state index contributed by atoms with van der Waals surface area (Å²) >= 11 is 6.01. The lowest BCUT2D eigenvalue weighted by Gasteiger charge is -2.34. The number of hydrogen-bond donors (Lipinski definition) is 1. The second kappa shape index (κ2) is 8.70. The van der Waals surface area contributed by atoms with Crippen LogP contribution in [0.3, 0.4) is 0 Å². The number of amides is 1. The lowest BCUT2D eigenvalue weighted by molar-refractivity contribution is -0.127. The van der Waals surface area contributed by atoms with Crippen LogP contribution < -0.4 is 19.1 Å². The lowest BCUT2D eigenvalue weighted by Crippen LogP contribution is -2.51. The molecule has 2 aromatic rings. The topological polar surface area (TPSA) is 84.9 Å². The Morgan fingerprint density at radius 2 is 1.96 bits per heavy atom. The first kappa shape index (κ1) is 20.3. The third-order valence-electron chi connectivity index (χ3n) is 4.22. The van der Waals surface area contributed by atoms with Crippen LogP contribution in [0.25, 0.3) is 0 Å². The van der Waals surface area contributed by atoms with E-state index in [1.54, 1.807) is 55.5 Å². The van der Waals surface area contributed by atoms with Gasteiger partial charge < -0.3 is 14.8 Å². The van der Waals surface area contributed by atoms with Gasteiger partial charge in [0.1, 0.15) is 18.1 Å². The van der Waals surface area contributed by atoms with E-state index in [1.165, 1.54) is 4.31 Å². The van der Waals surface area contributed by atoms with E-state index in [9.17, 15) is 13.2 Å². The average Bonchev–Trinajstić information content (AvgIpc) is 2.71. The number of fused-ring (bicyclic) bond motifs is 1. The van der Waals surface area contributed by atoms with Gasteiger partial charge in [0, 0.05) is 0 Å². The maximum absolute atomic E-state index is 12.5. The third kappa shape index (κ3) is 4.51. The highest BCUT2D eigenvalue weighted by Crippen LogP contribution is 2.35. The number of para-hydroxylation sites is 3. The molecule has 150 valence electrons. The van der Waals surface area contributed by atoms with Crippen molar-refractivity contribution >= 4 is 33.2 Å². The molecule has 0 fully saturated rings. The maximum atomic E-state index is 12.5. The van der Waals surface area contributed by atoms with Crippen LogP contribution in [0.5, 0.6) is 11.5 Å². The molecule has 1 aliphatic heterocycles. The molecule has 0 aliphatic carbocycles. The van der Waals surface area contributed by atoms with Gasteiger partial charge in [0.25, 0.3) is 5.91 Å². The van der Waals surface area contributed by atoms with Crippen LogP contribution in [0.4, 0.5) is 5.69 Å². The van der Waals surface area contributed by atoms with Crippen LogP contribution in [0.15, 0.2) is 48.5 Å². The number of benzene rings is 2. The minimum Gasteiger partial charge on any atom is -0.490 e. The fraction of sp³-hybridized carbons (Fsp3) is 0.316. The number of rotatable bonds is 7. The van der Waals surface area contributed by atoms with Gasteiger partial charge in [0.05, 0.1) is 29.6 Å². The number of nitrogens with zero attached hydrogens (tertiary/aromatic N) is 1. The van der Waals surface area contributed by atoms with Crippen LogP contribution in [-0.2, 0) is 14.8 Å². The first-order valence-corrected chi connectivity index (χ1v) is 10.8. The van der Waals surface area contributed by atoms with Crippen molar-refractivity contribution < 1.29 is 22.7 Å². The van der Waals surface area contributed by atoms with Gasteiger partial charge in [-0.15, -0.1) is 0 Å². The van der Waals surface area contributed by atoms with Crippen molar-refractivity contribution in [3.8, 4) is 11.5 Å². The Kier molecular flexibility index (Phi) is 6.31. The fourth-order valence-electron chi connectivity index (χ4n) is 2.77. The van der Waals surface area contributed by atoms with E-state index in [0.29, 0.717) is 22.2 Å². The summed E-state index contributed by atoms with van der Waals surface area (Å²) < 4.78 is 37.4. The molecular formula is C19H21ClN2O5S. The smallest absolute Gasteiger partial charge is 0.263 e. The molecule has 1 aliphatic rings. The molecule has 9 heteroatoms. The molecule has 0 aromatic heterocycles. The van der Waals surface area contributed by atoms with Gasteiger partial charge in [0.2, 0.25) is 10.0 Å². The third-order valence-corrected chi connectivity index (χ3v) is 6.28. The van der Waals surface area contributed by atoms with Crippen molar-refractivity contribution in [2.24, 2.45) is 0 Å². The molecule has 3 rings (SSSR count). The van der Waals surface area contributed by atoms with Crippen LogP contribution in [0.2, 0.25) is 5.02 Å². The highest BCUT2D eigenvalue weighted by Gasteiger charge is 2.35. The summed E-state index contributed by atoms with van der Waals surface area (Å²) in [6.07, 6.45) is -0.948. The molecule has 1 heterocycles. The Balaban J connectivity index is 1.62. The van der Waals surface area contributed by atoms with Crippen molar-refractivity contribution in [1.82, 2.24) is 5.32 Å². The number of anilines is 1. The molecule has 0 saturated carbocycles. The van der Waals surface area contributed by atoms with E-state index < -0.39 is 22.0 Å². The molecule has 0 saturated heterocycles. The predicted octanol–water partition coefficient (Wildman–Crippen LogP) is 2.45. The zero-order chi connectivity index (χ0) is 20.1. The van der Waals surface area contributed by atoms with Gasteiger partial charge in [-0.1, -0.05) is 35.9 Å². The number of nitrogens with one attached hydrogen (secondary N) is 1. The van der Waals surface area contributed by atoms with Gasteiger partial charge in [-0.2, -0.15) is 0 Å². The van der Waals surface area contributed by atoms with Gasteiger partial charge in [-0.3, -0.25) is 9.10 Å². The normalized spacial score (nSPS) is 16.1. The molecule has 2 aromatic carbocycles. The summed E-state index contributed by atoms with van der Waals surface area (Å²) in [5.74, 6) is 0.412. The van der Waals surface area contributed by atoms with E-state index in [0.717, 1.165) is 0 Å². The van der Waals surface area contributed by atoms with E-state index in [-0.39, 0.29) is 25.4 Å². The summed E-state index contributed by atoms with van der Waals surface area (Å²) in [4.78, 5) is 12.5. The van der Waals surface area contributed by atoms with E-state index >= 15 is 0 Å². The molecule has 0 unspecified atom stereocenters. The Labute approximate surface area is 169 Å². The Morgan fingerprint density at radius 1 is 1.25 bits per heavy atom. The summed E-state index contributed by atoms with van der Waals surface area (Å²) in [6, 6.07) is 13.8. The molecule has 0 spiro atoms. The predicted molar refractivity (Wildman–Crippen MR) is 108 cm³/mol. The number of halogens is 1. The first-order chi connectivity index (χ1) is 13.4. The van der Waals surface area contributed by atoms with Crippen molar-refractivity contribution in [2.45, 2.75) is 13.0 Å². The number of carbonyl (C=O) groups is 1. The number of carbonyl (C=O) groups excluding carboxylic acids is 1. The molecule has 7 nitrogen and oxygen atoms in total. The van der Waals surface area contributed by atoms with E-state index in [4.69, 9.17) is 21.1 Å². The standard InChI is InChI=1S/C19H21ClN2O5S/c1-2-28(24,25)22-13-18(27-17-10-6-4-8-15(17)22)19(23)21-11-12-26-16-9-5-3-7-14(16)20/h3-10,18H,2,11-13H2,1H3,(H,21,23)/t18-/m1/s1. The minimum absolute atomic E-state index is 0.0681. The van der Waals surface area contributed by atoms with Crippen LogP contribution in [-0.4, -0.2) is 45.9 Å². The van der Waals surface area contributed by atoms with Gasteiger partial charge in [-0.05, 0) is 31.2 Å². The molecular weight excluding hydrogens is 404 g/mol. The van der Waals surface area contributed by atoms with Crippen LogP contribution in [0.1, 0.15) is 6.92 Å². The average molecular weight is 425 g/mol. The second-order valence-corrected chi connectivity index (χ2v) is 8.66. The zero-order valence-corrected chi connectivity index (χ0v) is 16.9. The molecule has 1 N–H and O–H groups in total. The summed E-state index contributed by atoms with van der Waals surface area (Å²) in [5, 5.41) is 3.20. The summed E-state index contributed by atoms with van der Waals surface area (Å²) in [5.41, 5.74) is 0.440. The van der Waals surface area contributed by atoms with Gasteiger partial charge in [-0.25, -0.2) is 8.42 Å². The highest BCUT2D eigenvalue weighted by atomic mass is 35.5. The molecule has 28 heavy (non-hydrogen) atoms. The van der Waals surface area contributed by atoms with Crippen molar-refractivity contribution in [2.75, 3.05) is 29.8 Å². The highest BCUT2D eigenvalue weighted by molar-refractivity contribution is 7.92. The number of hydrogen-bond acceptors (Lipinski definition) is 5. The number of sulfonamides is 1. The minimum atomic E-state index is -3.53. The fourth-order valence-corrected chi connectivity index (χ4v) is 4.08. The molecule has 1 atom stereocenters. The Hall–Kier alpha value is -2.45. The van der Waals surface area contributed by atoms with Crippen molar-refractivity contribution in [3.63, 3.8) is 0 Å². The van der Waals surface area contributed by atoms with Crippen LogP contribution in [0, 0.1) is 0 Å². The first-order valence-electron chi connectivity index (χ1n) is 8.83. The monoisotopic (exact) mass is 424 g/mol. The quantitative estimate of drug-likeness (QED) is 0.690. The van der Waals surface area contributed by atoms with E-state index in [2.05, 4.69) is 5.32 Å². The molecule has 0 bridgehead atoms. The van der Waals surface area contributed by atoms with Crippen molar-refractivity contribution in [3.05, 3.63) is 53.6 Å².